The van der Waals surface area contributed by atoms with Gasteiger partial charge in [-0.3, -0.25) is 4.67 Å². The summed E-state index contributed by atoms with van der Waals surface area (Å²) in [5, 5.41) is 0. The molecule has 0 aliphatic carbocycles. The summed E-state index contributed by atoms with van der Waals surface area (Å²) in [4.78, 5) is 0. The van der Waals surface area contributed by atoms with E-state index in [1.165, 1.54) is 17.6 Å². The lowest BCUT2D eigenvalue weighted by atomic mass is 9.98. The van der Waals surface area contributed by atoms with E-state index >= 15 is 0 Å². The highest BCUT2D eigenvalue weighted by Crippen LogP contribution is 2.24. The van der Waals surface area contributed by atoms with Gasteiger partial charge in [0.2, 0.25) is 0 Å². The zero-order chi connectivity index (χ0) is 9.14. The fourth-order valence-corrected chi connectivity index (χ4v) is 1.89. The van der Waals surface area contributed by atoms with E-state index in [1.54, 1.807) is 0 Å². The van der Waals surface area contributed by atoms with Gasteiger partial charge in [-0.1, -0.05) is 26.6 Å². The van der Waals surface area contributed by atoms with E-state index in [2.05, 4.69) is 40.6 Å². The lowest BCUT2D eigenvalue weighted by Crippen LogP contribution is -2.30. The molecule has 0 amide bonds. The zero-order valence-corrected chi connectivity index (χ0v) is 9.16. The van der Waals surface area contributed by atoms with Gasteiger partial charge in [-0.15, -0.1) is 6.58 Å². The smallest absolute Gasteiger partial charge is 0.0207 e. The van der Waals surface area contributed by atoms with Crippen LogP contribution >= 0.6 is 9.39 Å². The van der Waals surface area contributed by atoms with E-state index in [1.807, 2.05) is 0 Å². The Bertz CT molecular complexity index is 208. The van der Waals surface area contributed by atoms with Gasteiger partial charge < -0.3 is 0 Å². The van der Waals surface area contributed by atoms with Crippen LogP contribution in [-0.2, 0) is 0 Å². The van der Waals surface area contributed by atoms with Crippen molar-refractivity contribution in [1.29, 1.82) is 0 Å². The van der Waals surface area contributed by atoms with Crippen LogP contribution in [0.2, 0.25) is 0 Å². The van der Waals surface area contributed by atoms with Crippen molar-refractivity contribution >= 4 is 9.39 Å². The monoisotopic (exact) mass is 183 g/mol. The maximum atomic E-state index is 3.95. The third-order valence-electron chi connectivity index (χ3n) is 2.26. The zero-order valence-electron chi connectivity index (χ0n) is 8.01. The number of hydrogen-bond donors (Lipinski definition) is 0. The highest BCUT2D eigenvalue weighted by Gasteiger charge is 2.18. The maximum absolute atomic E-state index is 3.95. The Morgan fingerprint density at radius 2 is 2.50 bits per heavy atom. The van der Waals surface area contributed by atoms with Crippen molar-refractivity contribution in [2.45, 2.75) is 32.7 Å². The molecule has 2 atom stereocenters. The minimum Gasteiger partial charge on any atom is -0.280 e. The first-order valence-corrected chi connectivity index (χ1v) is 4.92. The number of nitrogens with zero attached hydrogens (tertiary/aromatic N) is 1. The highest BCUT2D eigenvalue weighted by molar-refractivity contribution is 7.13. The molecule has 0 spiro atoms. The van der Waals surface area contributed by atoms with Crippen molar-refractivity contribution < 1.29 is 0 Å². The van der Waals surface area contributed by atoms with E-state index in [0.29, 0.717) is 6.04 Å². The van der Waals surface area contributed by atoms with Gasteiger partial charge in [0, 0.05) is 12.6 Å². The van der Waals surface area contributed by atoms with Crippen molar-refractivity contribution in [3.05, 3.63) is 23.8 Å². The molecule has 1 aliphatic rings. The molecule has 0 radical (unpaired) electrons. The summed E-state index contributed by atoms with van der Waals surface area (Å²) in [5.74, 6) is 0. The van der Waals surface area contributed by atoms with Crippen molar-refractivity contribution in [3.8, 4) is 0 Å². The van der Waals surface area contributed by atoms with Crippen LogP contribution in [0.15, 0.2) is 23.8 Å². The molecule has 0 saturated heterocycles. The SMILES string of the molecule is C=C(C)C[C@H]1CC(C)=CCN1P. The summed E-state index contributed by atoms with van der Waals surface area (Å²) < 4.78 is 2.32. The summed E-state index contributed by atoms with van der Waals surface area (Å²) in [6, 6.07) is 0.650. The molecule has 1 heterocycles. The third kappa shape index (κ3) is 2.73. The fourth-order valence-electron chi connectivity index (χ4n) is 1.57. The van der Waals surface area contributed by atoms with Crippen LogP contribution in [-0.4, -0.2) is 17.3 Å². The molecule has 0 aromatic rings. The van der Waals surface area contributed by atoms with Crippen LogP contribution in [0.3, 0.4) is 0 Å². The lowest BCUT2D eigenvalue weighted by molar-refractivity contribution is 0.354. The lowest BCUT2D eigenvalue weighted by Gasteiger charge is -2.31. The predicted molar refractivity (Wildman–Crippen MR) is 58.0 cm³/mol. The summed E-state index contributed by atoms with van der Waals surface area (Å²) in [6.07, 6.45) is 4.60. The molecule has 0 saturated carbocycles. The second kappa shape index (κ2) is 4.20. The van der Waals surface area contributed by atoms with Gasteiger partial charge in [-0.25, -0.2) is 0 Å². The molecule has 0 N–H and O–H groups in total. The molecule has 2 heteroatoms. The summed E-state index contributed by atoms with van der Waals surface area (Å²) in [6.45, 7) is 9.33. The molecular formula is C10H18NP. The standard InChI is InChI=1S/C10H18NP/c1-8(2)6-10-7-9(3)4-5-11(10)12/h4,10H,1,5-7,12H2,2-3H3/t10-/m0/s1. The van der Waals surface area contributed by atoms with Crippen LogP contribution in [0.1, 0.15) is 26.7 Å². The topological polar surface area (TPSA) is 3.24 Å². The molecule has 0 bridgehead atoms. The Balaban J connectivity index is 2.53. The van der Waals surface area contributed by atoms with Crippen molar-refractivity contribution in [3.63, 3.8) is 0 Å². The minimum absolute atomic E-state index is 0.650. The second-order valence-corrected chi connectivity index (χ2v) is 4.43. The number of hydrogen-bond acceptors (Lipinski definition) is 1. The van der Waals surface area contributed by atoms with Gasteiger partial charge in [0.05, 0.1) is 0 Å². The molecular weight excluding hydrogens is 165 g/mol. The molecule has 0 aromatic heterocycles. The van der Waals surface area contributed by atoms with Gasteiger partial charge in [-0.2, -0.15) is 0 Å². The summed E-state index contributed by atoms with van der Waals surface area (Å²) in [7, 11) is 2.80. The quantitative estimate of drug-likeness (QED) is 0.470. The van der Waals surface area contributed by atoms with Crippen LogP contribution in [0.25, 0.3) is 0 Å². The van der Waals surface area contributed by atoms with Gasteiger partial charge in [0.25, 0.3) is 0 Å². The van der Waals surface area contributed by atoms with Crippen LogP contribution < -0.4 is 0 Å². The largest absolute Gasteiger partial charge is 0.280 e. The van der Waals surface area contributed by atoms with Gasteiger partial charge in [-0.05, 0) is 26.7 Å². The fraction of sp³-hybridized carbons (Fsp3) is 0.600. The Labute approximate surface area is 77.8 Å². The summed E-state index contributed by atoms with van der Waals surface area (Å²) >= 11 is 0. The Morgan fingerprint density at radius 1 is 1.83 bits per heavy atom. The molecule has 0 aromatic carbocycles. The molecule has 1 unspecified atom stereocenters. The first kappa shape index (κ1) is 9.95. The first-order chi connectivity index (χ1) is 5.59. The Hall–Kier alpha value is -0.130. The Kier molecular flexibility index (Phi) is 3.49. The van der Waals surface area contributed by atoms with Gasteiger partial charge in [0.1, 0.15) is 0 Å². The van der Waals surface area contributed by atoms with E-state index in [4.69, 9.17) is 0 Å². The van der Waals surface area contributed by atoms with Crippen LogP contribution in [0.4, 0.5) is 0 Å². The second-order valence-electron chi connectivity index (χ2n) is 3.77. The third-order valence-corrected chi connectivity index (χ3v) is 2.89. The van der Waals surface area contributed by atoms with E-state index in [9.17, 15) is 0 Å². The molecule has 12 heavy (non-hydrogen) atoms. The van der Waals surface area contributed by atoms with Gasteiger partial charge >= 0.3 is 0 Å². The number of rotatable bonds is 2. The first-order valence-electron chi connectivity index (χ1n) is 4.41. The van der Waals surface area contributed by atoms with E-state index in [0.717, 1.165) is 13.0 Å². The van der Waals surface area contributed by atoms with Gasteiger partial charge in [0.15, 0.2) is 0 Å². The van der Waals surface area contributed by atoms with E-state index in [-0.39, 0.29) is 0 Å². The van der Waals surface area contributed by atoms with Crippen molar-refractivity contribution in [2.75, 3.05) is 6.54 Å². The average Bonchev–Trinajstić information content (AvgIpc) is 1.96. The van der Waals surface area contributed by atoms with Crippen molar-refractivity contribution in [2.24, 2.45) is 0 Å². The van der Waals surface area contributed by atoms with Crippen LogP contribution in [0.5, 0.6) is 0 Å². The van der Waals surface area contributed by atoms with Crippen LogP contribution in [0, 0.1) is 0 Å². The normalized spacial score (nSPS) is 25.2. The average molecular weight is 183 g/mol. The molecule has 0 fully saturated rings. The Morgan fingerprint density at radius 3 is 3.08 bits per heavy atom. The molecule has 1 rings (SSSR count). The molecule has 1 aliphatic heterocycles. The highest BCUT2D eigenvalue weighted by atomic mass is 31.0. The molecule has 1 nitrogen and oxygen atoms in total. The molecule has 68 valence electrons. The maximum Gasteiger partial charge on any atom is 0.0207 e. The van der Waals surface area contributed by atoms with E-state index < -0.39 is 0 Å². The predicted octanol–water partition coefficient (Wildman–Crippen LogP) is 2.76. The minimum atomic E-state index is 0.650. The summed E-state index contributed by atoms with van der Waals surface area (Å²) in [5.41, 5.74) is 2.79. The van der Waals surface area contributed by atoms with Crippen molar-refractivity contribution in [1.82, 2.24) is 4.67 Å².